The molecule has 0 saturated carbocycles. The molecule has 0 fully saturated rings. The molecule has 0 radical (unpaired) electrons. The first-order valence-corrected chi connectivity index (χ1v) is 12.7. The molecule has 0 spiro atoms. The Morgan fingerprint density at radius 1 is 0.973 bits per heavy atom. The first-order chi connectivity index (χ1) is 17.6. The summed E-state index contributed by atoms with van der Waals surface area (Å²) in [6, 6.07) is 11.2. The maximum Gasteiger partial charge on any atom is 0.328 e. The second-order valence-corrected chi connectivity index (χ2v) is 9.44. The zero-order valence-corrected chi connectivity index (χ0v) is 21.9. The van der Waals surface area contributed by atoms with Gasteiger partial charge in [-0.1, -0.05) is 56.3 Å². The highest BCUT2D eigenvalue weighted by Gasteiger charge is 2.29. The van der Waals surface area contributed by atoms with Gasteiger partial charge in [-0.2, -0.15) is 0 Å². The van der Waals surface area contributed by atoms with Crippen LogP contribution in [0.1, 0.15) is 45.6 Å². The van der Waals surface area contributed by atoms with E-state index in [1.54, 1.807) is 6.92 Å². The lowest BCUT2D eigenvalue weighted by Crippen LogP contribution is -2.55. The van der Waals surface area contributed by atoms with Crippen molar-refractivity contribution in [2.45, 2.75) is 64.6 Å². The summed E-state index contributed by atoms with van der Waals surface area (Å²) in [5.41, 5.74) is 17.9. The third-order valence-electron chi connectivity index (χ3n) is 5.78. The molecule has 10 nitrogen and oxygen atoms in total. The van der Waals surface area contributed by atoms with Crippen molar-refractivity contribution >= 4 is 34.5 Å². The van der Waals surface area contributed by atoms with Crippen LogP contribution >= 0.6 is 0 Å². The van der Waals surface area contributed by atoms with Gasteiger partial charge in [0.05, 0.1) is 12.6 Å². The molecule has 2 rings (SSSR count). The number of ether oxygens (including phenoxy) is 1. The molecule has 0 aliphatic carbocycles. The van der Waals surface area contributed by atoms with E-state index < -0.39 is 35.9 Å². The fourth-order valence-electron chi connectivity index (χ4n) is 3.96. The Morgan fingerprint density at radius 3 is 2.30 bits per heavy atom. The van der Waals surface area contributed by atoms with E-state index in [9.17, 15) is 14.4 Å². The minimum atomic E-state index is -0.923. The quantitative estimate of drug-likeness (QED) is 0.110. The van der Waals surface area contributed by atoms with E-state index in [0.29, 0.717) is 25.8 Å². The van der Waals surface area contributed by atoms with E-state index >= 15 is 0 Å². The normalized spacial score (nSPS) is 13.4. The topological polar surface area (TPSA) is 175 Å². The fraction of sp³-hybridized carbons (Fsp3) is 0.481. The number of carbonyl (C=O) groups is 3. The molecule has 0 unspecified atom stereocenters. The van der Waals surface area contributed by atoms with Crippen molar-refractivity contribution in [1.82, 2.24) is 10.6 Å². The summed E-state index contributed by atoms with van der Waals surface area (Å²) in [7, 11) is 0. The van der Waals surface area contributed by atoms with E-state index in [4.69, 9.17) is 21.9 Å². The lowest BCUT2D eigenvalue weighted by Gasteiger charge is -2.24. The van der Waals surface area contributed by atoms with Crippen LogP contribution in [0.2, 0.25) is 0 Å². The van der Waals surface area contributed by atoms with Crippen LogP contribution in [0.15, 0.2) is 47.5 Å². The van der Waals surface area contributed by atoms with E-state index in [0.717, 1.165) is 16.3 Å². The maximum atomic E-state index is 13.2. The average Bonchev–Trinajstić information content (AvgIpc) is 2.84. The molecule has 10 heteroatoms. The molecule has 3 atom stereocenters. The van der Waals surface area contributed by atoms with Gasteiger partial charge in [-0.15, -0.1) is 0 Å². The van der Waals surface area contributed by atoms with Crippen LogP contribution in [0.3, 0.4) is 0 Å². The maximum absolute atomic E-state index is 13.2. The highest BCUT2D eigenvalue weighted by atomic mass is 16.5. The molecule has 0 heterocycles. The fourth-order valence-corrected chi connectivity index (χ4v) is 3.96. The van der Waals surface area contributed by atoms with Crippen molar-refractivity contribution in [1.29, 1.82) is 0 Å². The van der Waals surface area contributed by atoms with Crippen LogP contribution in [0.5, 0.6) is 0 Å². The predicted molar refractivity (Wildman–Crippen MR) is 145 cm³/mol. The number of carbonyl (C=O) groups excluding carboxylic acids is 3. The standard InChI is InChI=1S/C27H40N6O4/c1-4-37-26(36)23(14-17(2)3)33-25(35)22(10-7-13-31-27(29)30)32-24(34)21(28)16-18-11-12-19-8-5-6-9-20(19)15-18/h5-6,8-9,11-12,15,17,21-23H,4,7,10,13-14,16,28H2,1-3H3,(H,32,34)(H,33,35)(H4,29,30,31)/t21-,22+,23+/m1/s1. The predicted octanol–water partition coefficient (Wildman–Crippen LogP) is 1.34. The second-order valence-electron chi connectivity index (χ2n) is 9.44. The zero-order valence-electron chi connectivity index (χ0n) is 21.9. The number of nitrogens with two attached hydrogens (primary N) is 3. The zero-order chi connectivity index (χ0) is 27.4. The summed E-state index contributed by atoms with van der Waals surface area (Å²) >= 11 is 0. The molecule has 202 valence electrons. The largest absolute Gasteiger partial charge is 0.464 e. The van der Waals surface area contributed by atoms with Gasteiger partial charge in [-0.25, -0.2) is 4.79 Å². The highest BCUT2D eigenvalue weighted by molar-refractivity contribution is 5.92. The van der Waals surface area contributed by atoms with Crippen LogP contribution in [-0.4, -0.2) is 55.0 Å². The Hall–Kier alpha value is -3.66. The Balaban J connectivity index is 2.11. The van der Waals surface area contributed by atoms with E-state index in [-0.39, 0.29) is 24.9 Å². The number of fused-ring (bicyclic) bond motifs is 1. The number of esters is 1. The summed E-state index contributed by atoms with van der Waals surface area (Å²) in [4.78, 5) is 42.5. The monoisotopic (exact) mass is 512 g/mol. The summed E-state index contributed by atoms with van der Waals surface area (Å²) in [5, 5.41) is 7.65. The van der Waals surface area contributed by atoms with Crippen molar-refractivity contribution in [3.05, 3.63) is 48.0 Å². The Labute approximate surface area is 218 Å². The number of nitrogens with one attached hydrogen (secondary N) is 2. The third-order valence-corrected chi connectivity index (χ3v) is 5.78. The van der Waals surface area contributed by atoms with Gasteiger partial charge in [-0.3, -0.25) is 14.6 Å². The summed E-state index contributed by atoms with van der Waals surface area (Å²) in [6.45, 7) is 6.08. The smallest absolute Gasteiger partial charge is 0.328 e. The minimum absolute atomic E-state index is 0.0539. The summed E-state index contributed by atoms with van der Waals surface area (Å²) < 4.78 is 5.12. The molecule has 2 amide bonds. The number of nitrogens with zero attached hydrogens (tertiary/aromatic N) is 1. The van der Waals surface area contributed by atoms with Gasteiger partial charge in [0, 0.05) is 6.54 Å². The molecule has 8 N–H and O–H groups in total. The first-order valence-electron chi connectivity index (χ1n) is 12.7. The van der Waals surface area contributed by atoms with Crippen LogP contribution in [-0.2, 0) is 25.5 Å². The summed E-state index contributed by atoms with van der Waals surface area (Å²) in [5.74, 6) is -1.38. The molecule has 2 aromatic rings. The molecular formula is C27H40N6O4. The number of rotatable bonds is 14. The van der Waals surface area contributed by atoms with Crippen molar-refractivity contribution < 1.29 is 19.1 Å². The molecule has 0 saturated heterocycles. The lowest BCUT2D eigenvalue weighted by atomic mass is 10.0. The number of benzene rings is 2. The SMILES string of the molecule is CCOC(=O)[C@H](CC(C)C)NC(=O)[C@H](CCCN=C(N)N)NC(=O)[C@H](N)Cc1ccc2ccccc2c1. The number of guanidine groups is 1. The number of hydrogen-bond acceptors (Lipinski definition) is 6. The number of amides is 2. The second kappa shape index (κ2) is 14.8. The molecule has 2 aromatic carbocycles. The van der Waals surface area contributed by atoms with Crippen molar-refractivity contribution in [3.8, 4) is 0 Å². The Bertz CT molecular complexity index is 1080. The van der Waals surface area contributed by atoms with Gasteiger partial charge in [-0.05, 0) is 54.9 Å². The van der Waals surface area contributed by atoms with Gasteiger partial charge in [0.2, 0.25) is 11.8 Å². The molecule has 37 heavy (non-hydrogen) atoms. The lowest BCUT2D eigenvalue weighted by molar-refractivity contribution is -0.148. The van der Waals surface area contributed by atoms with Crippen molar-refractivity contribution in [2.24, 2.45) is 28.1 Å². The molecule has 0 aliphatic heterocycles. The molecular weight excluding hydrogens is 472 g/mol. The van der Waals surface area contributed by atoms with Gasteiger partial charge in [0.15, 0.2) is 5.96 Å². The molecule has 0 aliphatic rings. The van der Waals surface area contributed by atoms with Crippen LogP contribution in [0.4, 0.5) is 0 Å². The molecule has 0 aromatic heterocycles. The van der Waals surface area contributed by atoms with Crippen LogP contribution in [0.25, 0.3) is 10.8 Å². The van der Waals surface area contributed by atoms with Crippen molar-refractivity contribution in [3.63, 3.8) is 0 Å². The first kappa shape index (κ1) is 29.6. The van der Waals surface area contributed by atoms with Gasteiger partial charge < -0.3 is 32.6 Å². The van der Waals surface area contributed by atoms with E-state index in [2.05, 4.69) is 15.6 Å². The number of hydrogen-bond donors (Lipinski definition) is 5. The van der Waals surface area contributed by atoms with Gasteiger partial charge in [0.25, 0.3) is 0 Å². The third kappa shape index (κ3) is 10.1. The van der Waals surface area contributed by atoms with Gasteiger partial charge in [0.1, 0.15) is 12.1 Å². The van der Waals surface area contributed by atoms with E-state index in [1.165, 1.54) is 0 Å². The van der Waals surface area contributed by atoms with E-state index in [1.807, 2.05) is 56.3 Å². The Kier molecular flexibility index (Phi) is 11.8. The van der Waals surface area contributed by atoms with Crippen LogP contribution in [0, 0.1) is 5.92 Å². The number of aliphatic imine (C=N–C) groups is 1. The van der Waals surface area contributed by atoms with Crippen LogP contribution < -0.4 is 27.8 Å². The van der Waals surface area contributed by atoms with Gasteiger partial charge >= 0.3 is 5.97 Å². The van der Waals surface area contributed by atoms with Crippen molar-refractivity contribution in [2.75, 3.05) is 13.2 Å². The average molecular weight is 513 g/mol. The Morgan fingerprint density at radius 2 is 1.65 bits per heavy atom. The summed E-state index contributed by atoms with van der Waals surface area (Å²) in [6.07, 6.45) is 1.40. The molecule has 0 bridgehead atoms. The highest BCUT2D eigenvalue weighted by Crippen LogP contribution is 2.16. The minimum Gasteiger partial charge on any atom is -0.464 e.